The number of carbonyl (C=O) groups is 2. The molecule has 7 heteroatoms. The fraction of sp³-hybridized carbons (Fsp3) is 0.308. The molecule has 2 heterocycles. The monoisotopic (exact) mass is 277 g/mol. The number of nitrogens with one attached hydrogen (secondary N) is 1. The quantitative estimate of drug-likeness (QED) is 0.776. The van der Waals surface area contributed by atoms with Crippen LogP contribution < -0.4 is 10.2 Å². The number of alkyl carbamates (subject to hydrolysis) is 1. The lowest BCUT2D eigenvalue weighted by molar-refractivity contribution is 0.0696. The SMILES string of the molecule is C=CCOC(=O)NC1CN(c2ccc(C(=O)O)cn2)C1. The minimum atomic E-state index is -1.00. The molecule has 1 aromatic heterocycles. The smallest absolute Gasteiger partial charge is 0.407 e. The molecule has 2 rings (SSSR count). The third-order valence-corrected chi connectivity index (χ3v) is 2.85. The number of hydrogen-bond donors (Lipinski definition) is 2. The van der Waals surface area contributed by atoms with Crippen LogP contribution in [0.2, 0.25) is 0 Å². The molecule has 2 N–H and O–H groups in total. The summed E-state index contributed by atoms with van der Waals surface area (Å²) in [6, 6.07) is 3.16. The summed E-state index contributed by atoms with van der Waals surface area (Å²) in [5, 5.41) is 11.5. The predicted octanol–water partition coefficient (Wildman–Crippen LogP) is 0.881. The van der Waals surface area contributed by atoms with Gasteiger partial charge < -0.3 is 20.1 Å². The molecule has 1 aliphatic heterocycles. The molecule has 0 radical (unpaired) electrons. The average Bonchev–Trinajstić information content (AvgIpc) is 2.40. The van der Waals surface area contributed by atoms with Crippen molar-refractivity contribution in [3.05, 3.63) is 36.5 Å². The van der Waals surface area contributed by atoms with Gasteiger partial charge in [-0.1, -0.05) is 12.7 Å². The normalized spacial score (nSPS) is 14.3. The van der Waals surface area contributed by atoms with Crippen molar-refractivity contribution in [3.8, 4) is 0 Å². The molecule has 0 bridgehead atoms. The first-order valence-corrected chi connectivity index (χ1v) is 6.08. The molecule has 0 atom stereocenters. The highest BCUT2D eigenvalue weighted by Gasteiger charge is 2.29. The van der Waals surface area contributed by atoms with Gasteiger partial charge in [0, 0.05) is 19.3 Å². The maximum Gasteiger partial charge on any atom is 0.407 e. The van der Waals surface area contributed by atoms with Crippen molar-refractivity contribution in [2.75, 3.05) is 24.6 Å². The lowest BCUT2D eigenvalue weighted by Crippen LogP contribution is -2.59. The highest BCUT2D eigenvalue weighted by molar-refractivity contribution is 5.87. The van der Waals surface area contributed by atoms with Gasteiger partial charge in [-0.05, 0) is 12.1 Å². The Labute approximate surface area is 115 Å². The first kappa shape index (κ1) is 13.9. The highest BCUT2D eigenvalue weighted by Crippen LogP contribution is 2.18. The zero-order valence-electron chi connectivity index (χ0n) is 10.8. The van der Waals surface area contributed by atoms with Crippen molar-refractivity contribution in [2.24, 2.45) is 0 Å². The predicted molar refractivity (Wildman–Crippen MR) is 71.9 cm³/mol. The Hall–Kier alpha value is -2.57. The summed E-state index contributed by atoms with van der Waals surface area (Å²) in [5.74, 6) is -0.315. The van der Waals surface area contributed by atoms with Crippen LogP contribution in [0.25, 0.3) is 0 Å². The van der Waals surface area contributed by atoms with Crippen LogP contribution in [0.3, 0.4) is 0 Å². The van der Waals surface area contributed by atoms with Gasteiger partial charge in [-0.3, -0.25) is 0 Å². The van der Waals surface area contributed by atoms with Crippen LogP contribution >= 0.6 is 0 Å². The number of carboxylic acids is 1. The molecule has 0 aliphatic carbocycles. The van der Waals surface area contributed by atoms with Crippen LogP contribution in [0.15, 0.2) is 31.0 Å². The maximum absolute atomic E-state index is 11.3. The summed E-state index contributed by atoms with van der Waals surface area (Å²) in [6.07, 6.45) is 2.35. The first-order valence-electron chi connectivity index (χ1n) is 6.08. The van der Waals surface area contributed by atoms with Crippen LogP contribution in [-0.4, -0.2) is 47.9 Å². The zero-order chi connectivity index (χ0) is 14.5. The standard InChI is InChI=1S/C13H15N3O4/c1-2-5-20-13(19)15-10-7-16(8-10)11-4-3-9(6-14-11)12(17)18/h2-4,6,10H,1,5,7-8H2,(H,15,19)(H,17,18). The van der Waals surface area contributed by atoms with E-state index in [9.17, 15) is 9.59 Å². The Bertz CT molecular complexity index is 509. The zero-order valence-corrected chi connectivity index (χ0v) is 10.8. The summed E-state index contributed by atoms with van der Waals surface area (Å²) in [6.45, 7) is 4.86. The lowest BCUT2D eigenvalue weighted by atomic mass is 10.1. The minimum absolute atomic E-state index is 0.00765. The fourth-order valence-corrected chi connectivity index (χ4v) is 1.80. The van der Waals surface area contributed by atoms with Crippen LogP contribution in [0.4, 0.5) is 10.6 Å². The number of carbonyl (C=O) groups excluding carboxylic acids is 1. The second-order valence-electron chi connectivity index (χ2n) is 4.34. The Morgan fingerprint density at radius 1 is 1.55 bits per heavy atom. The number of nitrogens with zero attached hydrogens (tertiary/aromatic N) is 2. The number of anilines is 1. The van der Waals surface area contributed by atoms with Crippen LogP contribution in [0.5, 0.6) is 0 Å². The molecule has 1 aliphatic rings. The van der Waals surface area contributed by atoms with E-state index in [-0.39, 0.29) is 18.2 Å². The molecule has 7 nitrogen and oxygen atoms in total. The van der Waals surface area contributed by atoms with Crippen LogP contribution in [-0.2, 0) is 4.74 Å². The molecule has 106 valence electrons. The van der Waals surface area contributed by atoms with E-state index >= 15 is 0 Å². The van der Waals surface area contributed by atoms with Crippen molar-refractivity contribution in [1.82, 2.24) is 10.3 Å². The second-order valence-corrected chi connectivity index (χ2v) is 4.34. The number of amides is 1. The molecular formula is C13H15N3O4. The van der Waals surface area contributed by atoms with Crippen LogP contribution in [0, 0.1) is 0 Å². The summed E-state index contributed by atoms with van der Waals surface area (Å²) < 4.78 is 4.81. The van der Waals surface area contributed by atoms with E-state index in [1.54, 1.807) is 6.07 Å². The van der Waals surface area contributed by atoms with Gasteiger partial charge in [-0.25, -0.2) is 14.6 Å². The number of hydrogen-bond acceptors (Lipinski definition) is 5. The fourth-order valence-electron chi connectivity index (χ4n) is 1.80. The van der Waals surface area contributed by atoms with Gasteiger partial charge in [0.2, 0.25) is 0 Å². The molecule has 1 amide bonds. The third kappa shape index (κ3) is 3.25. The van der Waals surface area contributed by atoms with E-state index in [1.165, 1.54) is 18.3 Å². The minimum Gasteiger partial charge on any atom is -0.478 e. The molecule has 0 spiro atoms. The Kier molecular flexibility index (Phi) is 4.19. The Morgan fingerprint density at radius 2 is 2.30 bits per heavy atom. The van der Waals surface area contributed by atoms with E-state index in [2.05, 4.69) is 16.9 Å². The number of pyridine rings is 1. The van der Waals surface area contributed by atoms with Crippen molar-refractivity contribution in [1.29, 1.82) is 0 Å². The molecule has 1 saturated heterocycles. The third-order valence-electron chi connectivity index (χ3n) is 2.85. The van der Waals surface area contributed by atoms with E-state index < -0.39 is 12.1 Å². The van der Waals surface area contributed by atoms with Gasteiger partial charge in [0.05, 0.1) is 11.6 Å². The van der Waals surface area contributed by atoms with Crippen LogP contribution in [0.1, 0.15) is 10.4 Å². The summed E-state index contributed by atoms with van der Waals surface area (Å²) >= 11 is 0. The Balaban J connectivity index is 1.79. The molecule has 20 heavy (non-hydrogen) atoms. The van der Waals surface area contributed by atoms with Crippen molar-refractivity contribution in [2.45, 2.75) is 6.04 Å². The summed E-state index contributed by atoms with van der Waals surface area (Å²) in [5.41, 5.74) is 0.150. The van der Waals surface area contributed by atoms with Gasteiger partial charge in [0.25, 0.3) is 0 Å². The van der Waals surface area contributed by atoms with E-state index in [4.69, 9.17) is 9.84 Å². The molecule has 0 saturated carbocycles. The van der Waals surface area contributed by atoms with E-state index in [0.29, 0.717) is 18.9 Å². The molecular weight excluding hydrogens is 262 g/mol. The number of ether oxygens (including phenoxy) is 1. The van der Waals surface area contributed by atoms with Gasteiger partial charge in [-0.15, -0.1) is 0 Å². The average molecular weight is 277 g/mol. The topological polar surface area (TPSA) is 91.8 Å². The molecule has 1 aromatic rings. The van der Waals surface area contributed by atoms with Gasteiger partial charge in [-0.2, -0.15) is 0 Å². The van der Waals surface area contributed by atoms with Gasteiger partial charge >= 0.3 is 12.1 Å². The number of carboxylic acid groups (broad SMARTS) is 1. The largest absolute Gasteiger partial charge is 0.478 e. The second kappa shape index (κ2) is 6.05. The van der Waals surface area contributed by atoms with Gasteiger partial charge in [0.15, 0.2) is 0 Å². The van der Waals surface area contributed by atoms with Crippen molar-refractivity contribution < 1.29 is 19.4 Å². The van der Waals surface area contributed by atoms with Crippen molar-refractivity contribution in [3.63, 3.8) is 0 Å². The number of rotatable bonds is 5. The van der Waals surface area contributed by atoms with E-state index in [1.807, 2.05) is 4.90 Å². The molecule has 1 fully saturated rings. The first-order chi connectivity index (χ1) is 9.60. The van der Waals surface area contributed by atoms with Gasteiger partial charge in [0.1, 0.15) is 12.4 Å². The molecule has 0 unspecified atom stereocenters. The molecule has 0 aromatic carbocycles. The lowest BCUT2D eigenvalue weighted by Gasteiger charge is -2.40. The summed E-state index contributed by atoms with van der Waals surface area (Å²) in [7, 11) is 0. The Morgan fingerprint density at radius 3 is 2.85 bits per heavy atom. The highest BCUT2D eigenvalue weighted by atomic mass is 16.5. The van der Waals surface area contributed by atoms with E-state index in [0.717, 1.165) is 0 Å². The number of aromatic carboxylic acids is 1. The van der Waals surface area contributed by atoms with Crippen molar-refractivity contribution >= 4 is 17.9 Å². The summed E-state index contributed by atoms with van der Waals surface area (Å²) in [4.78, 5) is 28.0. The maximum atomic E-state index is 11.3. The number of aromatic nitrogens is 1.